The van der Waals surface area contributed by atoms with Gasteiger partial charge in [0.05, 0.1) is 12.2 Å². The average molecular weight is 275 g/mol. The Morgan fingerprint density at radius 3 is 2.50 bits per heavy atom. The quantitative estimate of drug-likeness (QED) is 0.798. The molecule has 0 aliphatic rings. The summed E-state index contributed by atoms with van der Waals surface area (Å²) in [5.74, 6) is -1.52. The van der Waals surface area contributed by atoms with E-state index in [4.69, 9.17) is 0 Å². The number of phenols is 1. The molecule has 0 aliphatic heterocycles. The molecule has 0 heterocycles. The third-order valence-electron chi connectivity index (χ3n) is 2.93. The second-order valence-electron chi connectivity index (χ2n) is 4.27. The Balaban J connectivity index is 2.09. The lowest BCUT2D eigenvalue weighted by molar-refractivity contribution is 0.0948. The van der Waals surface area contributed by atoms with Gasteiger partial charge in [-0.3, -0.25) is 4.79 Å². The molecule has 2 aromatic rings. The molecule has 4 nitrogen and oxygen atoms in total. The smallest absolute Gasteiger partial charge is 0.255 e. The van der Waals surface area contributed by atoms with Gasteiger partial charge in [-0.1, -0.05) is 24.3 Å². The molecule has 0 atom stereocenters. The van der Waals surface area contributed by atoms with Gasteiger partial charge in [-0.25, -0.2) is 4.39 Å². The Kier molecular flexibility index (Phi) is 4.32. The first-order chi connectivity index (χ1) is 9.61. The van der Waals surface area contributed by atoms with Gasteiger partial charge in [0, 0.05) is 12.6 Å². The monoisotopic (exact) mass is 275 g/mol. The van der Waals surface area contributed by atoms with Crippen LogP contribution in [0.2, 0.25) is 0 Å². The van der Waals surface area contributed by atoms with E-state index in [0.29, 0.717) is 0 Å². The Labute approximate surface area is 115 Å². The summed E-state index contributed by atoms with van der Waals surface area (Å²) in [4.78, 5) is 11.9. The number of nitrogens with one attached hydrogen (secondary N) is 1. The number of carbonyl (C=O) groups excluding carboxylic acids is 1. The summed E-state index contributed by atoms with van der Waals surface area (Å²) < 4.78 is 12.8. The van der Waals surface area contributed by atoms with Gasteiger partial charge in [0.25, 0.3) is 5.91 Å². The van der Waals surface area contributed by atoms with Gasteiger partial charge in [-0.05, 0) is 23.3 Å². The van der Waals surface area contributed by atoms with Crippen molar-refractivity contribution >= 4 is 5.91 Å². The number of halogens is 1. The SMILES string of the molecule is O=C(NCc1ccccc1CO)c1ccc(F)cc1O. The molecule has 3 N–H and O–H groups in total. The molecule has 5 heteroatoms. The zero-order valence-electron chi connectivity index (χ0n) is 10.6. The van der Waals surface area contributed by atoms with Gasteiger partial charge in [-0.15, -0.1) is 0 Å². The minimum Gasteiger partial charge on any atom is -0.507 e. The van der Waals surface area contributed by atoms with Crippen LogP contribution in [0, 0.1) is 5.82 Å². The van der Waals surface area contributed by atoms with Crippen LogP contribution in [0.15, 0.2) is 42.5 Å². The minimum atomic E-state index is -0.607. The molecule has 0 saturated carbocycles. The van der Waals surface area contributed by atoms with Crippen molar-refractivity contribution in [1.82, 2.24) is 5.32 Å². The number of amides is 1. The highest BCUT2D eigenvalue weighted by molar-refractivity contribution is 5.96. The Morgan fingerprint density at radius 2 is 1.85 bits per heavy atom. The molecule has 0 bridgehead atoms. The van der Waals surface area contributed by atoms with Gasteiger partial charge in [0.15, 0.2) is 0 Å². The van der Waals surface area contributed by atoms with E-state index < -0.39 is 17.5 Å². The van der Waals surface area contributed by atoms with Gasteiger partial charge in [0.2, 0.25) is 0 Å². The molecule has 2 rings (SSSR count). The van der Waals surface area contributed by atoms with Gasteiger partial charge < -0.3 is 15.5 Å². The molecule has 1 amide bonds. The average Bonchev–Trinajstić information content (AvgIpc) is 2.45. The second-order valence-corrected chi connectivity index (χ2v) is 4.27. The minimum absolute atomic E-state index is 0.00730. The maximum Gasteiger partial charge on any atom is 0.255 e. The summed E-state index contributed by atoms with van der Waals surface area (Å²) in [6.45, 7) is 0.0974. The number of aliphatic hydroxyl groups is 1. The molecule has 0 fully saturated rings. The third kappa shape index (κ3) is 3.13. The number of aromatic hydroxyl groups is 1. The van der Waals surface area contributed by atoms with Gasteiger partial charge in [-0.2, -0.15) is 0 Å². The Hall–Kier alpha value is -2.40. The number of carbonyl (C=O) groups is 1. The Morgan fingerprint density at radius 1 is 1.15 bits per heavy atom. The predicted octanol–water partition coefficient (Wildman–Crippen LogP) is 1.95. The van der Waals surface area contributed by atoms with Crippen molar-refractivity contribution in [3.05, 3.63) is 65.0 Å². The van der Waals surface area contributed by atoms with Crippen LogP contribution in [-0.4, -0.2) is 16.1 Å². The van der Waals surface area contributed by atoms with Crippen LogP contribution in [0.5, 0.6) is 5.75 Å². The standard InChI is InChI=1S/C15H14FNO3/c16-12-5-6-13(14(19)7-12)15(20)17-8-10-3-1-2-4-11(10)9-18/h1-7,18-19H,8-9H2,(H,17,20). The molecular formula is C15H14FNO3. The first kappa shape index (κ1) is 14.0. The molecule has 20 heavy (non-hydrogen) atoms. The van der Waals surface area contributed by atoms with E-state index in [-0.39, 0.29) is 18.7 Å². The van der Waals surface area contributed by atoms with Gasteiger partial charge >= 0.3 is 0 Å². The molecule has 0 aliphatic carbocycles. The lowest BCUT2D eigenvalue weighted by Gasteiger charge is -2.09. The van der Waals surface area contributed by atoms with E-state index in [0.717, 1.165) is 23.3 Å². The van der Waals surface area contributed by atoms with Crippen molar-refractivity contribution in [3.63, 3.8) is 0 Å². The number of rotatable bonds is 4. The van der Waals surface area contributed by atoms with Crippen LogP contribution < -0.4 is 5.32 Å². The fourth-order valence-electron chi connectivity index (χ4n) is 1.85. The van der Waals surface area contributed by atoms with E-state index in [2.05, 4.69) is 5.32 Å². The highest BCUT2D eigenvalue weighted by Crippen LogP contribution is 2.18. The van der Waals surface area contributed by atoms with Crippen molar-refractivity contribution in [2.75, 3.05) is 0 Å². The summed E-state index contributed by atoms with van der Waals surface area (Å²) in [6, 6.07) is 10.4. The topological polar surface area (TPSA) is 69.6 Å². The summed E-state index contributed by atoms with van der Waals surface area (Å²) in [7, 11) is 0. The zero-order chi connectivity index (χ0) is 14.5. The molecular weight excluding hydrogens is 261 g/mol. The first-order valence-corrected chi connectivity index (χ1v) is 6.06. The van der Waals surface area contributed by atoms with Crippen LogP contribution in [0.1, 0.15) is 21.5 Å². The molecule has 104 valence electrons. The van der Waals surface area contributed by atoms with Crippen LogP contribution in [-0.2, 0) is 13.2 Å². The number of aliphatic hydroxyl groups excluding tert-OH is 1. The normalized spacial score (nSPS) is 10.3. The van der Waals surface area contributed by atoms with E-state index in [1.165, 1.54) is 6.07 Å². The van der Waals surface area contributed by atoms with Crippen molar-refractivity contribution in [3.8, 4) is 5.75 Å². The fraction of sp³-hybridized carbons (Fsp3) is 0.133. The molecule has 0 spiro atoms. The summed E-state index contributed by atoms with van der Waals surface area (Å²) >= 11 is 0. The predicted molar refractivity (Wildman–Crippen MR) is 71.6 cm³/mol. The summed E-state index contributed by atoms with van der Waals surface area (Å²) in [5, 5.41) is 21.3. The zero-order valence-corrected chi connectivity index (χ0v) is 10.6. The van der Waals surface area contributed by atoms with E-state index in [1.807, 2.05) is 0 Å². The van der Waals surface area contributed by atoms with Crippen LogP contribution in [0.3, 0.4) is 0 Å². The van der Waals surface area contributed by atoms with Crippen LogP contribution in [0.25, 0.3) is 0 Å². The van der Waals surface area contributed by atoms with Crippen molar-refractivity contribution in [1.29, 1.82) is 0 Å². The van der Waals surface area contributed by atoms with Crippen molar-refractivity contribution in [2.45, 2.75) is 13.2 Å². The van der Waals surface area contributed by atoms with Gasteiger partial charge in [0.1, 0.15) is 11.6 Å². The lowest BCUT2D eigenvalue weighted by Crippen LogP contribution is -2.23. The largest absolute Gasteiger partial charge is 0.507 e. The highest BCUT2D eigenvalue weighted by atomic mass is 19.1. The Bertz CT molecular complexity index is 628. The molecule has 0 unspecified atom stereocenters. The van der Waals surface area contributed by atoms with E-state index in [9.17, 15) is 19.4 Å². The summed E-state index contributed by atoms with van der Waals surface area (Å²) in [6.07, 6.45) is 0. The molecule has 0 aromatic heterocycles. The lowest BCUT2D eigenvalue weighted by atomic mass is 10.1. The highest BCUT2D eigenvalue weighted by Gasteiger charge is 2.12. The molecule has 2 aromatic carbocycles. The summed E-state index contributed by atoms with van der Waals surface area (Å²) in [5.41, 5.74) is 1.51. The fourth-order valence-corrected chi connectivity index (χ4v) is 1.85. The molecule has 0 radical (unpaired) electrons. The van der Waals surface area contributed by atoms with E-state index in [1.54, 1.807) is 24.3 Å². The maximum atomic E-state index is 12.8. The second kappa shape index (κ2) is 6.16. The maximum absolute atomic E-state index is 12.8. The van der Waals surface area contributed by atoms with Crippen LogP contribution in [0.4, 0.5) is 4.39 Å². The molecule has 0 saturated heterocycles. The third-order valence-corrected chi connectivity index (χ3v) is 2.93. The number of phenolic OH excluding ortho intramolecular Hbond substituents is 1. The first-order valence-electron chi connectivity index (χ1n) is 6.06. The number of hydrogen-bond donors (Lipinski definition) is 3. The van der Waals surface area contributed by atoms with Crippen LogP contribution >= 0.6 is 0 Å². The van der Waals surface area contributed by atoms with E-state index >= 15 is 0 Å². The van der Waals surface area contributed by atoms with Crippen molar-refractivity contribution < 1.29 is 19.4 Å². The number of hydrogen-bond acceptors (Lipinski definition) is 3. The number of benzene rings is 2. The van der Waals surface area contributed by atoms with Crippen molar-refractivity contribution in [2.24, 2.45) is 0 Å².